The fraction of sp³-hybridized carbons (Fsp3) is 0.818. The normalized spacial score (nSPS) is 28.4. The molecule has 0 radical (unpaired) electrons. The number of alkyl halides is 1. The van der Waals surface area contributed by atoms with E-state index in [1.54, 1.807) is 0 Å². The van der Waals surface area contributed by atoms with Crippen molar-refractivity contribution < 1.29 is 4.43 Å². The number of hydrogen-bond acceptors (Lipinski definition) is 1. The van der Waals surface area contributed by atoms with E-state index in [0.29, 0.717) is 0 Å². The van der Waals surface area contributed by atoms with Crippen molar-refractivity contribution in [3.05, 3.63) is 12.2 Å². The first-order chi connectivity index (χ1) is 6.22. The van der Waals surface area contributed by atoms with Gasteiger partial charge in [-0.05, 0) is 24.6 Å². The Morgan fingerprint density at radius 2 is 1.86 bits per heavy atom. The van der Waals surface area contributed by atoms with Gasteiger partial charge in [0.1, 0.15) is 0 Å². The lowest BCUT2D eigenvalue weighted by Gasteiger charge is -2.38. The molecule has 0 fully saturated rings. The smallest absolute Gasteiger partial charge is 0.192 e. The predicted octanol–water partition coefficient (Wildman–Crippen LogP) is 3.94. The molecule has 0 aromatic carbocycles. The third-order valence-corrected chi connectivity index (χ3v) is 8.07. The van der Waals surface area contributed by atoms with E-state index in [9.17, 15) is 0 Å². The summed E-state index contributed by atoms with van der Waals surface area (Å²) in [6, 6.07) is 0. The minimum Gasteiger partial charge on any atom is -0.410 e. The van der Waals surface area contributed by atoms with Crippen molar-refractivity contribution in [3.63, 3.8) is 0 Å². The van der Waals surface area contributed by atoms with Crippen LogP contribution in [0.2, 0.25) is 18.1 Å². The first-order valence-corrected chi connectivity index (χ1v) is 8.57. The summed E-state index contributed by atoms with van der Waals surface area (Å²) in [5, 5.41) is 0.454. The molecule has 82 valence electrons. The van der Waals surface area contributed by atoms with E-state index in [4.69, 9.17) is 16.0 Å². The first kappa shape index (κ1) is 12.3. The fourth-order valence-corrected chi connectivity index (χ4v) is 2.81. The lowest BCUT2D eigenvalue weighted by molar-refractivity contribution is 0.225. The maximum atomic E-state index is 6.20. The summed E-state index contributed by atoms with van der Waals surface area (Å²) in [6.45, 7) is 11.3. The van der Waals surface area contributed by atoms with Crippen molar-refractivity contribution >= 4 is 19.9 Å². The van der Waals surface area contributed by atoms with Gasteiger partial charge < -0.3 is 4.43 Å². The number of allylic oxidation sites excluding steroid dienone is 1. The second kappa shape index (κ2) is 3.99. The number of rotatable bonds is 2. The molecule has 0 heterocycles. The Kier molecular flexibility index (Phi) is 3.50. The van der Waals surface area contributed by atoms with Crippen molar-refractivity contribution in [3.8, 4) is 0 Å². The van der Waals surface area contributed by atoms with E-state index < -0.39 is 8.32 Å². The Labute approximate surface area is 93.6 Å². The Morgan fingerprint density at radius 1 is 1.29 bits per heavy atom. The lowest BCUT2D eigenvalue weighted by atomic mass is 10.2. The molecule has 0 bridgehead atoms. The van der Waals surface area contributed by atoms with Gasteiger partial charge in [0.15, 0.2) is 8.32 Å². The minimum absolute atomic E-state index is 0.171. The second-order valence-corrected chi connectivity index (χ2v) is 10.9. The van der Waals surface area contributed by atoms with E-state index in [0.717, 1.165) is 6.42 Å². The van der Waals surface area contributed by atoms with Crippen molar-refractivity contribution in [1.29, 1.82) is 0 Å². The SMILES string of the molecule is CC(C)(C)[Si](C)(C)O[C@@H]1C=C[C@@H](Cl)C1. The molecule has 0 saturated carbocycles. The monoisotopic (exact) mass is 232 g/mol. The summed E-state index contributed by atoms with van der Waals surface area (Å²) in [6.07, 6.45) is 5.34. The van der Waals surface area contributed by atoms with Crippen LogP contribution in [0.15, 0.2) is 12.2 Å². The topological polar surface area (TPSA) is 9.23 Å². The molecule has 0 aromatic heterocycles. The van der Waals surface area contributed by atoms with Crippen LogP contribution in [0, 0.1) is 0 Å². The third-order valence-electron chi connectivity index (χ3n) is 3.24. The summed E-state index contributed by atoms with van der Waals surface area (Å²) in [7, 11) is -1.61. The van der Waals surface area contributed by atoms with Crippen LogP contribution < -0.4 is 0 Å². The van der Waals surface area contributed by atoms with E-state index >= 15 is 0 Å². The molecule has 1 aliphatic carbocycles. The van der Waals surface area contributed by atoms with Crippen molar-refractivity contribution in [2.24, 2.45) is 0 Å². The standard InChI is InChI=1S/C11H21ClOSi/c1-11(2,3)14(4,5)13-10-7-6-9(12)8-10/h6-7,9-10H,8H2,1-5H3/t9-,10-/m1/s1. The highest BCUT2D eigenvalue weighted by atomic mass is 35.5. The molecule has 3 heteroatoms. The van der Waals surface area contributed by atoms with Gasteiger partial charge in [-0.3, -0.25) is 0 Å². The van der Waals surface area contributed by atoms with E-state index in [1.165, 1.54) is 0 Å². The highest BCUT2D eigenvalue weighted by Gasteiger charge is 2.39. The number of halogens is 1. The average Bonchev–Trinajstić information content (AvgIpc) is 2.31. The fourth-order valence-electron chi connectivity index (χ4n) is 1.27. The highest BCUT2D eigenvalue weighted by Crippen LogP contribution is 2.38. The lowest BCUT2D eigenvalue weighted by Crippen LogP contribution is -2.43. The van der Waals surface area contributed by atoms with E-state index in [2.05, 4.69) is 39.9 Å². The zero-order chi connectivity index (χ0) is 11.0. The summed E-state index contributed by atoms with van der Waals surface area (Å²) in [4.78, 5) is 0. The molecular weight excluding hydrogens is 212 g/mol. The van der Waals surface area contributed by atoms with Gasteiger partial charge >= 0.3 is 0 Å². The van der Waals surface area contributed by atoms with Crippen molar-refractivity contribution in [2.75, 3.05) is 0 Å². The Balaban J connectivity index is 2.56. The molecule has 0 N–H and O–H groups in total. The summed E-state index contributed by atoms with van der Waals surface area (Å²) in [5.41, 5.74) is 0. The molecular formula is C11H21ClOSi. The molecule has 0 spiro atoms. The highest BCUT2D eigenvalue weighted by molar-refractivity contribution is 6.74. The van der Waals surface area contributed by atoms with Crippen LogP contribution >= 0.6 is 11.6 Å². The maximum absolute atomic E-state index is 6.20. The van der Waals surface area contributed by atoms with Gasteiger partial charge in [0.2, 0.25) is 0 Å². The zero-order valence-corrected chi connectivity index (χ0v) is 11.6. The molecule has 2 atom stereocenters. The van der Waals surface area contributed by atoms with Crippen LogP contribution in [0.4, 0.5) is 0 Å². The van der Waals surface area contributed by atoms with Crippen LogP contribution in [0.1, 0.15) is 27.2 Å². The average molecular weight is 233 g/mol. The van der Waals surface area contributed by atoms with Gasteiger partial charge in [-0.25, -0.2) is 0 Å². The van der Waals surface area contributed by atoms with Crippen molar-refractivity contribution in [2.45, 2.75) is 56.8 Å². The van der Waals surface area contributed by atoms with Gasteiger partial charge in [-0.1, -0.05) is 32.9 Å². The zero-order valence-electron chi connectivity index (χ0n) is 9.80. The van der Waals surface area contributed by atoms with Crippen molar-refractivity contribution in [1.82, 2.24) is 0 Å². The molecule has 1 nitrogen and oxygen atoms in total. The Bertz CT molecular complexity index is 230. The Hall–Kier alpha value is 0.207. The molecule has 0 aromatic rings. The molecule has 14 heavy (non-hydrogen) atoms. The van der Waals surface area contributed by atoms with E-state index in [1.807, 2.05) is 6.08 Å². The predicted molar refractivity (Wildman–Crippen MR) is 65.5 cm³/mol. The summed E-state index contributed by atoms with van der Waals surface area (Å²) >= 11 is 6.00. The molecule has 0 aliphatic heterocycles. The summed E-state index contributed by atoms with van der Waals surface area (Å²) < 4.78 is 6.20. The molecule has 1 rings (SSSR count). The minimum atomic E-state index is -1.61. The van der Waals surface area contributed by atoms with Gasteiger partial charge in [-0.15, -0.1) is 11.6 Å². The van der Waals surface area contributed by atoms with Crippen LogP contribution in [0.5, 0.6) is 0 Å². The van der Waals surface area contributed by atoms with Gasteiger partial charge in [-0.2, -0.15) is 0 Å². The van der Waals surface area contributed by atoms with Crippen LogP contribution in [0.3, 0.4) is 0 Å². The second-order valence-electron chi connectivity index (χ2n) is 5.55. The maximum Gasteiger partial charge on any atom is 0.192 e. The molecule has 0 saturated heterocycles. The molecule has 1 aliphatic rings. The Morgan fingerprint density at radius 3 is 2.21 bits per heavy atom. The van der Waals surface area contributed by atoms with E-state index in [-0.39, 0.29) is 16.5 Å². The quantitative estimate of drug-likeness (QED) is 0.398. The van der Waals surface area contributed by atoms with Gasteiger partial charge in [0, 0.05) is 0 Å². The van der Waals surface area contributed by atoms with Crippen LogP contribution in [-0.2, 0) is 4.43 Å². The van der Waals surface area contributed by atoms with Crippen LogP contribution in [-0.4, -0.2) is 19.8 Å². The third kappa shape index (κ3) is 2.85. The van der Waals surface area contributed by atoms with Gasteiger partial charge in [0.25, 0.3) is 0 Å². The largest absolute Gasteiger partial charge is 0.410 e. The van der Waals surface area contributed by atoms with Gasteiger partial charge in [0.05, 0.1) is 11.5 Å². The van der Waals surface area contributed by atoms with Crippen LogP contribution in [0.25, 0.3) is 0 Å². The summed E-state index contributed by atoms with van der Waals surface area (Å²) in [5.74, 6) is 0. The molecule has 0 amide bonds. The molecule has 0 unspecified atom stereocenters. The number of hydrogen-bond donors (Lipinski definition) is 0. The first-order valence-electron chi connectivity index (χ1n) is 5.22.